The molecule has 0 spiro atoms. The normalized spacial score (nSPS) is 10.7. The summed E-state index contributed by atoms with van der Waals surface area (Å²) in [6.07, 6.45) is 0. The van der Waals surface area contributed by atoms with Crippen LogP contribution in [-0.2, 0) is 16.1 Å². The van der Waals surface area contributed by atoms with E-state index in [0.717, 1.165) is 12.7 Å². The van der Waals surface area contributed by atoms with Crippen molar-refractivity contribution in [2.24, 2.45) is 0 Å². The monoisotopic (exact) mass is 420 g/mol. The van der Waals surface area contributed by atoms with Crippen LogP contribution in [0.3, 0.4) is 0 Å². The Hall–Kier alpha value is -2.90. The van der Waals surface area contributed by atoms with Crippen LogP contribution >= 0.6 is 23.2 Å². The van der Waals surface area contributed by atoms with Crippen molar-refractivity contribution >= 4 is 46.2 Å². The summed E-state index contributed by atoms with van der Waals surface area (Å²) in [5.74, 6) is -1.54. The van der Waals surface area contributed by atoms with Crippen LogP contribution in [0.2, 0.25) is 10.0 Å². The first-order valence-electron chi connectivity index (χ1n) is 8.05. The second-order valence-corrected chi connectivity index (χ2v) is 6.71. The lowest BCUT2D eigenvalue weighted by atomic mass is 10.1. The lowest BCUT2D eigenvalue weighted by Crippen LogP contribution is -2.38. The SMILES string of the molecule is COC(=O)c1c(COC(=O)c2cccc(C)c2)nc2cc(Cl)c(Cl)cc2[n+]1[O-]. The minimum absolute atomic E-state index is 0.0311. The predicted molar refractivity (Wildman–Crippen MR) is 102 cm³/mol. The minimum atomic E-state index is -0.919. The first-order chi connectivity index (χ1) is 13.3. The summed E-state index contributed by atoms with van der Waals surface area (Å²) >= 11 is 11.9. The van der Waals surface area contributed by atoms with Gasteiger partial charge in [-0.25, -0.2) is 14.6 Å². The number of carbonyl (C=O) groups excluding carboxylic acids is 2. The number of fused-ring (bicyclic) bond motifs is 1. The van der Waals surface area contributed by atoms with E-state index in [4.69, 9.17) is 27.9 Å². The smallest absolute Gasteiger partial charge is 0.406 e. The van der Waals surface area contributed by atoms with Crippen molar-refractivity contribution in [2.75, 3.05) is 7.11 Å². The van der Waals surface area contributed by atoms with Crippen molar-refractivity contribution in [2.45, 2.75) is 13.5 Å². The van der Waals surface area contributed by atoms with Crippen molar-refractivity contribution in [1.82, 2.24) is 4.98 Å². The summed E-state index contributed by atoms with van der Waals surface area (Å²) in [7, 11) is 1.13. The van der Waals surface area contributed by atoms with Gasteiger partial charge >= 0.3 is 17.6 Å². The van der Waals surface area contributed by atoms with E-state index in [-0.39, 0.29) is 26.8 Å². The van der Waals surface area contributed by atoms with Gasteiger partial charge in [0.05, 0.1) is 22.7 Å². The van der Waals surface area contributed by atoms with Crippen LogP contribution in [0.4, 0.5) is 0 Å². The molecule has 0 amide bonds. The van der Waals surface area contributed by atoms with Gasteiger partial charge in [0.15, 0.2) is 5.69 Å². The van der Waals surface area contributed by atoms with E-state index in [1.54, 1.807) is 18.2 Å². The molecule has 0 unspecified atom stereocenters. The summed E-state index contributed by atoms with van der Waals surface area (Å²) in [6, 6.07) is 9.51. The summed E-state index contributed by atoms with van der Waals surface area (Å²) in [5.41, 5.74) is 0.990. The zero-order chi connectivity index (χ0) is 20.4. The summed E-state index contributed by atoms with van der Waals surface area (Å²) in [4.78, 5) is 28.7. The minimum Gasteiger partial charge on any atom is -0.618 e. The Kier molecular flexibility index (Phi) is 5.67. The van der Waals surface area contributed by atoms with Crippen LogP contribution < -0.4 is 4.73 Å². The highest BCUT2D eigenvalue weighted by atomic mass is 35.5. The largest absolute Gasteiger partial charge is 0.618 e. The van der Waals surface area contributed by atoms with Crippen LogP contribution in [0.15, 0.2) is 36.4 Å². The average Bonchev–Trinajstić information content (AvgIpc) is 2.67. The van der Waals surface area contributed by atoms with Crippen molar-refractivity contribution in [3.8, 4) is 0 Å². The van der Waals surface area contributed by atoms with Gasteiger partial charge in [0.2, 0.25) is 5.52 Å². The molecule has 1 heterocycles. The molecule has 9 heteroatoms. The molecule has 0 radical (unpaired) electrons. The number of aryl methyl sites for hydroxylation is 1. The number of carbonyl (C=O) groups is 2. The molecule has 144 valence electrons. The quantitative estimate of drug-likeness (QED) is 0.363. The summed E-state index contributed by atoms with van der Waals surface area (Å²) < 4.78 is 10.2. The molecular formula is C19H14Cl2N2O5. The number of aromatic nitrogens is 2. The highest BCUT2D eigenvalue weighted by molar-refractivity contribution is 6.42. The Bertz CT molecular complexity index is 1100. The number of benzene rings is 2. The number of ether oxygens (including phenoxy) is 2. The van der Waals surface area contributed by atoms with Gasteiger partial charge < -0.3 is 14.7 Å². The topological polar surface area (TPSA) is 92.4 Å². The molecule has 1 aromatic heterocycles. The molecule has 3 rings (SSSR count). The summed E-state index contributed by atoms with van der Waals surface area (Å²) in [5, 5.41) is 13.0. The first-order valence-corrected chi connectivity index (χ1v) is 8.80. The molecular weight excluding hydrogens is 407 g/mol. The molecule has 0 aliphatic rings. The molecule has 0 atom stereocenters. The first kappa shape index (κ1) is 19.9. The molecule has 2 aromatic carbocycles. The van der Waals surface area contributed by atoms with Crippen LogP contribution in [0, 0.1) is 12.1 Å². The second-order valence-electron chi connectivity index (χ2n) is 5.89. The van der Waals surface area contributed by atoms with Gasteiger partial charge in [-0.2, -0.15) is 4.73 Å². The molecule has 0 saturated heterocycles. The molecule has 0 aliphatic heterocycles. The zero-order valence-electron chi connectivity index (χ0n) is 14.9. The van der Waals surface area contributed by atoms with Gasteiger partial charge in [-0.1, -0.05) is 40.9 Å². The molecule has 0 aliphatic carbocycles. The lowest BCUT2D eigenvalue weighted by molar-refractivity contribution is -0.581. The molecule has 0 N–H and O–H groups in total. The van der Waals surface area contributed by atoms with Crippen molar-refractivity contribution in [3.05, 3.63) is 74.2 Å². The Labute approximate surface area is 170 Å². The molecule has 28 heavy (non-hydrogen) atoms. The van der Waals surface area contributed by atoms with Gasteiger partial charge in [-0.05, 0) is 25.1 Å². The number of hydrogen-bond acceptors (Lipinski definition) is 6. The number of nitrogens with zero attached hydrogens (tertiary/aromatic N) is 2. The molecule has 7 nitrogen and oxygen atoms in total. The Balaban J connectivity index is 2.02. The molecule has 0 fully saturated rings. The van der Waals surface area contributed by atoms with Crippen LogP contribution in [0.5, 0.6) is 0 Å². The molecule has 0 bridgehead atoms. The van der Waals surface area contributed by atoms with E-state index < -0.39 is 24.2 Å². The number of esters is 2. The van der Waals surface area contributed by atoms with Crippen molar-refractivity contribution in [3.63, 3.8) is 0 Å². The van der Waals surface area contributed by atoms with E-state index in [0.29, 0.717) is 10.3 Å². The fourth-order valence-electron chi connectivity index (χ4n) is 2.60. The van der Waals surface area contributed by atoms with Gasteiger partial charge in [0.1, 0.15) is 12.1 Å². The lowest BCUT2D eigenvalue weighted by Gasteiger charge is -2.11. The van der Waals surface area contributed by atoms with E-state index in [1.807, 2.05) is 13.0 Å². The van der Waals surface area contributed by atoms with Gasteiger partial charge in [0.25, 0.3) is 0 Å². The average molecular weight is 421 g/mol. The maximum absolute atomic E-state index is 12.7. The van der Waals surface area contributed by atoms with Gasteiger partial charge in [0, 0.05) is 6.07 Å². The van der Waals surface area contributed by atoms with E-state index in [1.165, 1.54) is 12.1 Å². The number of halogens is 2. The predicted octanol–water partition coefficient (Wildman–Crippen LogP) is 3.63. The number of rotatable bonds is 4. The Morgan fingerprint density at radius 2 is 1.86 bits per heavy atom. The zero-order valence-corrected chi connectivity index (χ0v) is 16.4. The molecule has 0 saturated carbocycles. The maximum Gasteiger partial charge on any atom is 0.406 e. The Morgan fingerprint density at radius 3 is 2.54 bits per heavy atom. The molecule has 3 aromatic rings. The third-order valence-electron chi connectivity index (χ3n) is 3.94. The van der Waals surface area contributed by atoms with Crippen LogP contribution in [0.25, 0.3) is 11.0 Å². The summed E-state index contributed by atoms with van der Waals surface area (Å²) in [6.45, 7) is 1.43. The third-order valence-corrected chi connectivity index (χ3v) is 4.66. The van der Waals surface area contributed by atoms with Gasteiger partial charge in [-0.15, -0.1) is 0 Å². The van der Waals surface area contributed by atoms with E-state index >= 15 is 0 Å². The number of methoxy groups -OCH3 is 1. The van der Waals surface area contributed by atoms with E-state index in [2.05, 4.69) is 9.72 Å². The number of hydrogen-bond donors (Lipinski definition) is 0. The fraction of sp³-hybridized carbons (Fsp3) is 0.158. The van der Waals surface area contributed by atoms with Crippen LogP contribution in [-0.4, -0.2) is 24.0 Å². The van der Waals surface area contributed by atoms with Crippen LogP contribution in [0.1, 0.15) is 32.1 Å². The highest BCUT2D eigenvalue weighted by Crippen LogP contribution is 2.26. The van der Waals surface area contributed by atoms with Gasteiger partial charge in [-0.3, -0.25) is 0 Å². The van der Waals surface area contributed by atoms with E-state index in [9.17, 15) is 14.8 Å². The second kappa shape index (κ2) is 8.00. The highest BCUT2D eigenvalue weighted by Gasteiger charge is 2.28. The standard InChI is InChI=1S/C19H14Cl2N2O5/c1-10-4-3-5-11(6-10)18(24)28-9-15-17(19(25)27-2)23(26)16-8-13(21)12(20)7-14(16)22-15/h3-8H,9H2,1-2H3. The van der Waals surface area contributed by atoms with Crippen molar-refractivity contribution in [1.29, 1.82) is 0 Å². The fourth-order valence-corrected chi connectivity index (χ4v) is 2.92. The third kappa shape index (κ3) is 3.85. The Morgan fingerprint density at radius 1 is 1.14 bits per heavy atom. The van der Waals surface area contributed by atoms with Crippen molar-refractivity contribution < 1.29 is 23.8 Å². The maximum atomic E-state index is 12.7.